The second-order valence-corrected chi connectivity index (χ2v) is 4.41. The second kappa shape index (κ2) is 4.02. The number of hydrogen-bond donors (Lipinski definition) is 1. The summed E-state index contributed by atoms with van der Waals surface area (Å²) in [5.41, 5.74) is 1.95. The largest absolute Gasteiger partial charge is 0.451 e. The first-order valence-corrected chi connectivity index (χ1v) is 5.99. The standard InChI is InChI=1S/C13H9N5O2/c1-7-2-3-9-8(4-7)5-10(19-9)13-16-12(18-20-13)11-14-6-15-17-11/h2-6H,1H3,(H,14,15,17). The van der Waals surface area contributed by atoms with E-state index in [1.54, 1.807) is 0 Å². The van der Waals surface area contributed by atoms with Gasteiger partial charge in [0.2, 0.25) is 5.82 Å². The minimum Gasteiger partial charge on any atom is -0.451 e. The van der Waals surface area contributed by atoms with E-state index >= 15 is 0 Å². The fourth-order valence-electron chi connectivity index (χ4n) is 2.00. The van der Waals surface area contributed by atoms with Gasteiger partial charge in [0.1, 0.15) is 11.9 Å². The Bertz CT molecular complexity index is 875. The lowest BCUT2D eigenvalue weighted by atomic mass is 10.2. The number of hydrogen-bond acceptors (Lipinski definition) is 6. The van der Waals surface area contributed by atoms with Crippen LogP contribution in [-0.4, -0.2) is 25.3 Å². The van der Waals surface area contributed by atoms with Gasteiger partial charge in [-0.3, -0.25) is 5.10 Å². The number of aryl methyl sites for hydroxylation is 1. The van der Waals surface area contributed by atoms with Gasteiger partial charge in [0.25, 0.3) is 5.89 Å². The topological polar surface area (TPSA) is 93.6 Å². The van der Waals surface area contributed by atoms with Gasteiger partial charge in [-0.15, -0.1) is 0 Å². The van der Waals surface area contributed by atoms with Crippen LogP contribution in [0.1, 0.15) is 5.56 Å². The second-order valence-electron chi connectivity index (χ2n) is 4.41. The third-order valence-corrected chi connectivity index (χ3v) is 2.94. The molecular weight excluding hydrogens is 258 g/mol. The summed E-state index contributed by atoms with van der Waals surface area (Å²) in [7, 11) is 0. The first-order valence-electron chi connectivity index (χ1n) is 5.99. The molecular formula is C13H9N5O2. The van der Waals surface area contributed by atoms with Crippen molar-refractivity contribution < 1.29 is 8.94 Å². The molecule has 98 valence electrons. The molecule has 0 spiro atoms. The molecule has 0 fully saturated rings. The molecule has 0 aliphatic heterocycles. The molecule has 4 aromatic rings. The molecule has 7 heteroatoms. The summed E-state index contributed by atoms with van der Waals surface area (Å²) < 4.78 is 10.9. The highest BCUT2D eigenvalue weighted by atomic mass is 16.5. The maximum absolute atomic E-state index is 5.70. The third kappa shape index (κ3) is 1.68. The van der Waals surface area contributed by atoms with Gasteiger partial charge in [-0.2, -0.15) is 10.1 Å². The Hall–Kier alpha value is -2.96. The highest BCUT2D eigenvalue weighted by Crippen LogP contribution is 2.28. The molecule has 0 aliphatic rings. The Balaban J connectivity index is 1.79. The monoisotopic (exact) mass is 267 g/mol. The van der Waals surface area contributed by atoms with Crippen molar-refractivity contribution in [2.75, 3.05) is 0 Å². The third-order valence-electron chi connectivity index (χ3n) is 2.94. The van der Waals surface area contributed by atoms with Gasteiger partial charge in [0, 0.05) is 5.39 Å². The van der Waals surface area contributed by atoms with Gasteiger partial charge in [0.15, 0.2) is 11.6 Å². The number of fused-ring (bicyclic) bond motifs is 1. The molecule has 0 unspecified atom stereocenters. The number of H-pyrrole nitrogens is 1. The molecule has 0 aliphatic carbocycles. The predicted molar refractivity (Wildman–Crippen MR) is 69.6 cm³/mol. The fourth-order valence-corrected chi connectivity index (χ4v) is 2.00. The average molecular weight is 267 g/mol. The van der Waals surface area contributed by atoms with Gasteiger partial charge in [-0.25, -0.2) is 4.98 Å². The molecule has 1 N–H and O–H groups in total. The predicted octanol–water partition coefficient (Wildman–Crippen LogP) is 2.58. The van der Waals surface area contributed by atoms with Crippen molar-refractivity contribution in [2.24, 2.45) is 0 Å². The number of furan rings is 1. The van der Waals surface area contributed by atoms with Crippen molar-refractivity contribution in [3.63, 3.8) is 0 Å². The number of aromatic nitrogens is 5. The summed E-state index contributed by atoms with van der Waals surface area (Å²) in [4.78, 5) is 8.20. The first-order chi connectivity index (χ1) is 9.79. The number of nitrogens with one attached hydrogen (secondary N) is 1. The molecule has 0 amide bonds. The van der Waals surface area contributed by atoms with E-state index in [1.807, 2.05) is 31.2 Å². The molecule has 0 radical (unpaired) electrons. The summed E-state index contributed by atoms with van der Waals surface area (Å²) in [6.45, 7) is 2.03. The van der Waals surface area contributed by atoms with Crippen LogP contribution in [-0.2, 0) is 0 Å². The van der Waals surface area contributed by atoms with E-state index in [0.29, 0.717) is 23.3 Å². The Kier molecular flexibility index (Phi) is 2.19. The van der Waals surface area contributed by atoms with Crippen molar-refractivity contribution >= 4 is 11.0 Å². The maximum Gasteiger partial charge on any atom is 0.294 e. The van der Waals surface area contributed by atoms with Crippen molar-refractivity contribution in [3.05, 3.63) is 36.2 Å². The van der Waals surface area contributed by atoms with E-state index in [0.717, 1.165) is 16.5 Å². The fraction of sp³-hybridized carbons (Fsp3) is 0.0769. The molecule has 0 saturated heterocycles. The van der Waals surface area contributed by atoms with Crippen molar-refractivity contribution in [1.82, 2.24) is 25.3 Å². The van der Waals surface area contributed by atoms with Crippen LogP contribution in [0.3, 0.4) is 0 Å². The van der Waals surface area contributed by atoms with Crippen LogP contribution >= 0.6 is 0 Å². The van der Waals surface area contributed by atoms with Crippen LogP contribution in [0.4, 0.5) is 0 Å². The van der Waals surface area contributed by atoms with Gasteiger partial charge < -0.3 is 8.94 Å². The summed E-state index contributed by atoms with van der Waals surface area (Å²) in [5.74, 6) is 1.63. The van der Waals surface area contributed by atoms with E-state index in [2.05, 4.69) is 25.3 Å². The molecule has 20 heavy (non-hydrogen) atoms. The van der Waals surface area contributed by atoms with Crippen LogP contribution in [0, 0.1) is 6.92 Å². The Morgan fingerprint density at radius 3 is 3.00 bits per heavy atom. The Morgan fingerprint density at radius 2 is 2.15 bits per heavy atom. The number of rotatable bonds is 2. The minimum atomic E-state index is 0.310. The van der Waals surface area contributed by atoms with Crippen molar-refractivity contribution in [1.29, 1.82) is 0 Å². The SMILES string of the molecule is Cc1ccc2oc(-c3nc(-c4ncn[nH]4)no3)cc2c1. The van der Waals surface area contributed by atoms with E-state index < -0.39 is 0 Å². The van der Waals surface area contributed by atoms with Gasteiger partial charge in [-0.05, 0) is 25.1 Å². The van der Waals surface area contributed by atoms with Crippen LogP contribution < -0.4 is 0 Å². The molecule has 1 aromatic carbocycles. The average Bonchev–Trinajstić information content (AvgIpc) is 3.17. The zero-order valence-electron chi connectivity index (χ0n) is 10.5. The highest BCUT2D eigenvalue weighted by molar-refractivity contribution is 5.82. The molecule has 0 saturated carbocycles. The molecule has 3 aromatic heterocycles. The van der Waals surface area contributed by atoms with Crippen LogP contribution in [0.5, 0.6) is 0 Å². The smallest absolute Gasteiger partial charge is 0.294 e. The lowest BCUT2D eigenvalue weighted by molar-refractivity contribution is 0.419. The normalized spacial score (nSPS) is 11.2. The molecule has 0 bridgehead atoms. The summed E-state index contributed by atoms with van der Waals surface area (Å²) in [5, 5.41) is 11.3. The summed E-state index contributed by atoms with van der Waals surface area (Å²) in [6, 6.07) is 7.82. The zero-order chi connectivity index (χ0) is 13.5. The van der Waals surface area contributed by atoms with E-state index in [4.69, 9.17) is 8.94 Å². The van der Waals surface area contributed by atoms with Crippen molar-refractivity contribution in [3.8, 4) is 23.3 Å². The van der Waals surface area contributed by atoms with E-state index in [-0.39, 0.29) is 0 Å². The van der Waals surface area contributed by atoms with E-state index in [9.17, 15) is 0 Å². The van der Waals surface area contributed by atoms with Gasteiger partial charge >= 0.3 is 0 Å². The number of benzene rings is 1. The van der Waals surface area contributed by atoms with Crippen LogP contribution in [0.15, 0.2) is 39.5 Å². The molecule has 7 nitrogen and oxygen atoms in total. The van der Waals surface area contributed by atoms with Gasteiger partial charge in [0.05, 0.1) is 0 Å². The lowest BCUT2D eigenvalue weighted by Crippen LogP contribution is -1.82. The minimum absolute atomic E-state index is 0.310. The number of nitrogens with zero attached hydrogens (tertiary/aromatic N) is 4. The zero-order valence-corrected chi connectivity index (χ0v) is 10.5. The summed E-state index contributed by atoms with van der Waals surface area (Å²) in [6.07, 6.45) is 1.38. The molecule has 0 atom stereocenters. The van der Waals surface area contributed by atoms with Crippen LogP contribution in [0.25, 0.3) is 34.3 Å². The Morgan fingerprint density at radius 1 is 1.20 bits per heavy atom. The van der Waals surface area contributed by atoms with Crippen LogP contribution in [0.2, 0.25) is 0 Å². The lowest BCUT2D eigenvalue weighted by Gasteiger charge is -1.89. The molecule has 4 rings (SSSR count). The van der Waals surface area contributed by atoms with E-state index in [1.165, 1.54) is 6.33 Å². The van der Waals surface area contributed by atoms with Gasteiger partial charge in [-0.1, -0.05) is 16.8 Å². The maximum atomic E-state index is 5.70. The Labute approximate surface area is 112 Å². The number of aromatic amines is 1. The summed E-state index contributed by atoms with van der Waals surface area (Å²) >= 11 is 0. The molecule has 3 heterocycles. The highest BCUT2D eigenvalue weighted by Gasteiger charge is 2.16. The van der Waals surface area contributed by atoms with Crippen molar-refractivity contribution in [2.45, 2.75) is 6.92 Å². The quantitative estimate of drug-likeness (QED) is 0.600. The first kappa shape index (κ1) is 10.9.